The third-order valence-corrected chi connectivity index (χ3v) is 2.77. The molecular weight excluding hydrogens is 164 g/mol. The smallest absolute Gasteiger partial charge is 0.188 e. The van der Waals surface area contributed by atoms with Crippen molar-refractivity contribution in [3.05, 3.63) is 12.2 Å². The van der Waals surface area contributed by atoms with E-state index >= 15 is 0 Å². The summed E-state index contributed by atoms with van der Waals surface area (Å²) >= 11 is 0. The van der Waals surface area contributed by atoms with Gasteiger partial charge in [0.25, 0.3) is 0 Å². The molecule has 0 bridgehead atoms. The lowest BCUT2D eigenvalue weighted by Gasteiger charge is -2.37. The summed E-state index contributed by atoms with van der Waals surface area (Å²) in [7, 11) is 0. The molecule has 2 aliphatic rings. The van der Waals surface area contributed by atoms with E-state index in [-0.39, 0.29) is 5.60 Å². The predicted molar refractivity (Wildman–Crippen MR) is 51.4 cm³/mol. The van der Waals surface area contributed by atoms with Gasteiger partial charge in [0.15, 0.2) is 5.79 Å². The Morgan fingerprint density at radius 3 is 2.54 bits per heavy atom. The Balaban J connectivity index is 2.05. The molecule has 1 saturated heterocycles. The average Bonchev–Trinajstić information content (AvgIpc) is 2.35. The van der Waals surface area contributed by atoms with Crippen LogP contribution >= 0.6 is 0 Å². The van der Waals surface area contributed by atoms with Crippen LogP contribution in [0.2, 0.25) is 0 Å². The van der Waals surface area contributed by atoms with Gasteiger partial charge < -0.3 is 9.47 Å². The van der Waals surface area contributed by atoms with Crippen LogP contribution in [-0.2, 0) is 9.47 Å². The van der Waals surface area contributed by atoms with Crippen LogP contribution in [0, 0.1) is 5.92 Å². The summed E-state index contributed by atoms with van der Waals surface area (Å²) in [5, 5.41) is 0. The maximum Gasteiger partial charge on any atom is 0.188 e. The van der Waals surface area contributed by atoms with Gasteiger partial charge in [-0.05, 0) is 32.3 Å². The number of rotatable bonds is 0. The van der Waals surface area contributed by atoms with Gasteiger partial charge in [-0.25, -0.2) is 0 Å². The molecule has 2 atom stereocenters. The van der Waals surface area contributed by atoms with Gasteiger partial charge >= 0.3 is 0 Å². The first-order valence-corrected chi connectivity index (χ1v) is 5.06. The van der Waals surface area contributed by atoms with Gasteiger partial charge in [-0.15, -0.1) is 0 Å². The van der Waals surface area contributed by atoms with E-state index in [1.807, 2.05) is 0 Å². The van der Waals surface area contributed by atoms with Crippen LogP contribution in [0.3, 0.4) is 0 Å². The Morgan fingerprint density at radius 1 is 1.31 bits per heavy atom. The molecule has 13 heavy (non-hydrogen) atoms. The average molecular weight is 182 g/mol. The van der Waals surface area contributed by atoms with Crippen LogP contribution in [0.4, 0.5) is 0 Å². The van der Waals surface area contributed by atoms with Crippen molar-refractivity contribution >= 4 is 0 Å². The van der Waals surface area contributed by atoms with Crippen molar-refractivity contribution in [1.29, 1.82) is 0 Å². The zero-order valence-electron chi connectivity index (χ0n) is 8.67. The third-order valence-electron chi connectivity index (χ3n) is 2.77. The van der Waals surface area contributed by atoms with Crippen molar-refractivity contribution in [2.45, 2.75) is 45.0 Å². The minimum Gasteiger partial charge on any atom is -0.346 e. The molecule has 0 aromatic carbocycles. The first-order chi connectivity index (χ1) is 6.02. The van der Waals surface area contributed by atoms with E-state index in [0.717, 1.165) is 13.0 Å². The Hall–Kier alpha value is -0.340. The van der Waals surface area contributed by atoms with Crippen molar-refractivity contribution in [1.82, 2.24) is 0 Å². The molecule has 0 aromatic rings. The third kappa shape index (κ3) is 1.79. The highest BCUT2D eigenvalue weighted by Gasteiger charge is 2.42. The van der Waals surface area contributed by atoms with E-state index < -0.39 is 5.79 Å². The molecule has 74 valence electrons. The Kier molecular flexibility index (Phi) is 2.00. The van der Waals surface area contributed by atoms with Gasteiger partial charge in [0.2, 0.25) is 0 Å². The summed E-state index contributed by atoms with van der Waals surface area (Å²) < 4.78 is 11.7. The first kappa shape index (κ1) is 9.22. The minimum absolute atomic E-state index is 0.152. The Bertz CT molecular complexity index is 222. The van der Waals surface area contributed by atoms with Crippen LogP contribution < -0.4 is 0 Å². The molecule has 0 radical (unpaired) electrons. The summed E-state index contributed by atoms with van der Waals surface area (Å²) in [5.74, 6) is 0.280. The summed E-state index contributed by atoms with van der Waals surface area (Å²) in [6.45, 7) is 7.18. The first-order valence-electron chi connectivity index (χ1n) is 5.06. The summed E-state index contributed by atoms with van der Waals surface area (Å²) in [6, 6.07) is 0. The fourth-order valence-electron chi connectivity index (χ4n) is 1.94. The standard InChI is InChI=1S/C11H18O2/c1-9-4-5-11(12-8-9)7-6-10(2,3)13-11/h6-7,9H,4-5,8H2,1-3H3/t9-,11+/m0/s1. The highest BCUT2D eigenvalue weighted by Crippen LogP contribution is 2.39. The summed E-state index contributed by atoms with van der Waals surface area (Å²) in [6.07, 6.45) is 6.37. The van der Waals surface area contributed by atoms with Crippen molar-refractivity contribution < 1.29 is 9.47 Å². The van der Waals surface area contributed by atoms with Gasteiger partial charge in [-0.1, -0.05) is 13.0 Å². The van der Waals surface area contributed by atoms with Crippen LogP contribution in [0.15, 0.2) is 12.2 Å². The lowest BCUT2D eigenvalue weighted by molar-refractivity contribution is -0.252. The molecule has 1 spiro atoms. The van der Waals surface area contributed by atoms with Crippen molar-refractivity contribution in [3.8, 4) is 0 Å². The van der Waals surface area contributed by atoms with Crippen molar-refractivity contribution in [2.24, 2.45) is 5.92 Å². The van der Waals surface area contributed by atoms with Gasteiger partial charge in [0.05, 0.1) is 12.2 Å². The molecule has 2 heterocycles. The second-order valence-corrected chi connectivity index (χ2v) is 4.81. The second kappa shape index (κ2) is 2.82. The van der Waals surface area contributed by atoms with Gasteiger partial charge in [-0.3, -0.25) is 0 Å². The number of hydrogen-bond donors (Lipinski definition) is 0. The normalized spacial score (nSPS) is 42.8. The van der Waals surface area contributed by atoms with Crippen LogP contribution in [-0.4, -0.2) is 18.0 Å². The van der Waals surface area contributed by atoms with E-state index in [1.54, 1.807) is 0 Å². The van der Waals surface area contributed by atoms with E-state index in [2.05, 4.69) is 32.9 Å². The van der Waals surface area contributed by atoms with Crippen LogP contribution in [0.25, 0.3) is 0 Å². The number of ether oxygens (including phenoxy) is 2. The fraction of sp³-hybridized carbons (Fsp3) is 0.818. The summed E-state index contributed by atoms with van der Waals surface area (Å²) in [5.41, 5.74) is -0.152. The Labute approximate surface area is 79.9 Å². The van der Waals surface area contributed by atoms with E-state index in [1.165, 1.54) is 6.42 Å². The molecule has 2 aliphatic heterocycles. The van der Waals surface area contributed by atoms with Gasteiger partial charge in [-0.2, -0.15) is 0 Å². The Morgan fingerprint density at radius 2 is 2.08 bits per heavy atom. The maximum atomic E-state index is 5.89. The fourth-order valence-corrected chi connectivity index (χ4v) is 1.94. The molecule has 2 nitrogen and oxygen atoms in total. The molecule has 1 fully saturated rings. The molecule has 2 heteroatoms. The van der Waals surface area contributed by atoms with Crippen LogP contribution in [0.1, 0.15) is 33.6 Å². The highest BCUT2D eigenvalue weighted by atomic mass is 16.7. The van der Waals surface area contributed by atoms with E-state index in [9.17, 15) is 0 Å². The highest BCUT2D eigenvalue weighted by molar-refractivity contribution is 5.12. The van der Waals surface area contributed by atoms with E-state index in [4.69, 9.17) is 9.47 Å². The maximum absolute atomic E-state index is 5.89. The molecular formula is C11H18O2. The largest absolute Gasteiger partial charge is 0.346 e. The van der Waals surface area contributed by atoms with Crippen LogP contribution in [0.5, 0.6) is 0 Å². The molecule has 0 aromatic heterocycles. The molecule has 0 saturated carbocycles. The van der Waals surface area contributed by atoms with E-state index in [0.29, 0.717) is 5.92 Å². The molecule has 2 rings (SSSR count). The van der Waals surface area contributed by atoms with Gasteiger partial charge in [0.1, 0.15) is 0 Å². The molecule has 0 unspecified atom stereocenters. The van der Waals surface area contributed by atoms with Gasteiger partial charge in [0, 0.05) is 6.42 Å². The number of hydrogen-bond acceptors (Lipinski definition) is 2. The zero-order valence-corrected chi connectivity index (χ0v) is 8.67. The zero-order chi connectivity index (χ0) is 9.53. The topological polar surface area (TPSA) is 18.5 Å². The lowest BCUT2D eigenvalue weighted by Crippen LogP contribution is -2.40. The minimum atomic E-state index is -0.393. The summed E-state index contributed by atoms with van der Waals surface area (Å²) in [4.78, 5) is 0. The molecule has 0 N–H and O–H groups in total. The monoisotopic (exact) mass is 182 g/mol. The quantitative estimate of drug-likeness (QED) is 0.536. The lowest BCUT2D eigenvalue weighted by atomic mass is 9.98. The predicted octanol–water partition coefficient (Wildman–Crippen LogP) is 2.49. The molecule has 0 aliphatic carbocycles. The molecule has 0 amide bonds. The SMILES string of the molecule is C[C@H]1CC[C@@]2(C=CC(C)(C)O2)OC1. The second-order valence-electron chi connectivity index (χ2n) is 4.81. The van der Waals surface area contributed by atoms with Crippen molar-refractivity contribution in [3.63, 3.8) is 0 Å². The van der Waals surface area contributed by atoms with Crippen molar-refractivity contribution in [2.75, 3.05) is 6.61 Å².